The molecule has 0 bridgehead atoms. The topological polar surface area (TPSA) is 82.8 Å². The normalized spacial score (nSPS) is 10.6. The fraction of sp³-hybridized carbons (Fsp3) is 0.176. The minimum Gasteiger partial charge on any atom is -0.462 e. The summed E-state index contributed by atoms with van der Waals surface area (Å²) in [6.07, 6.45) is 1.42. The first-order chi connectivity index (χ1) is 11.6. The van der Waals surface area contributed by atoms with Crippen LogP contribution in [0, 0.1) is 6.92 Å². The number of esters is 2. The van der Waals surface area contributed by atoms with Crippen molar-refractivity contribution in [3.8, 4) is 5.88 Å². The second-order valence-corrected chi connectivity index (χ2v) is 4.99. The van der Waals surface area contributed by atoms with Crippen molar-refractivity contribution in [3.63, 3.8) is 0 Å². The summed E-state index contributed by atoms with van der Waals surface area (Å²) in [6, 6.07) is 10.1. The van der Waals surface area contributed by atoms with Gasteiger partial charge in [0.25, 0.3) is 0 Å². The summed E-state index contributed by atoms with van der Waals surface area (Å²) in [5.74, 6) is -0.870. The molecule has 0 unspecified atom stereocenters. The summed E-state index contributed by atoms with van der Waals surface area (Å²) in [6.45, 7) is 3.72. The molecule has 0 saturated heterocycles. The Morgan fingerprint density at radius 3 is 2.62 bits per heavy atom. The second kappa shape index (κ2) is 6.49. The second-order valence-electron chi connectivity index (χ2n) is 4.99. The zero-order chi connectivity index (χ0) is 17.1. The van der Waals surface area contributed by atoms with Crippen molar-refractivity contribution in [2.24, 2.45) is 0 Å². The molecule has 0 amide bonds. The van der Waals surface area contributed by atoms with Crippen LogP contribution < -0.4 is 4.74 Å². The van der Waals surface area contributed by atoms with Crippen LogP contribution >= 0.6 is 0 Å². The highest BCUT2D eigenvalue weighted by Crippen LogP contribution is 2.17. The van der Waals surface area contributed by atoms with Crippen molar-refractivity contribution in [3.05, 3.63) is 59.4 Å². The molecular weight excluding hydrogens is 310 g/mol. The molecule has 7 nitrogen and oxygen atoms in total. The minimum atomic E-state index is -0.512. The zero-order valence-electron chi connectivity index (χ0n) is 13.2. The number of rotatable bonds is 4. The first-order valence-corrected chi connectivity index (χ1v) is 7.40. The summed E-state index contributed by atoms with van der Waals surface area (Å²) in [5.41, 5.74) is 1.76. The Morgan fingerprint density at radius 1 is 1.17 bits per heavy atom. The SMILES string of the molecule is CCOC(=O)c1cnc2cc(OC(=O)c3ccccc3)nn2c1C. The molecule has 2 aromatic heterocycles. The fourth-order valence-electron chi connectivity index (χ4n) is 2.21. The average Bonchev–Trinajstić information content (AvgIpc) is 2.99. The van der Waals surface area contributed by atoms with E-state index < -0.39 is 11.9 Å². The van der Waals surface area contributed by atoms with E-state index in [9.17, 15) is 9.59 Å². The Hall–Kier alpha value is -3.22. The number of benzene rings is 1. The lowest BCUT2D eigenvalue weighted by atomic mass is 10.2. The van der Waals surface area contributed by atoms with E-state index in [0.717, 1.165) is 0 Å². The maximum atomic E-state index is 12.1. The van der Waals surface area contributed by atoms with Gasteiger partial charge in [0.1, 0.15) is 0 Å². The van der Waals surface area contributed by atoms with Crippen molar-refractivity contribution in [1.82, 2.24) is 14.6 Å². The average molecular weight is 325 g/mol. The van der Waals surface area contributed by atoms with Crippen LogP contribution in [0.5, 0.6) is 5.88 Å². The number of aromatic nitrogens is 3. The number of carbonyl (C=O) groups is 2. The van der Waals surface area contributed by atoms with Crippen LogP contribution in [-0.2, 0) is 4.74 Å². The van der Waals surface area contributed by atoms with Crippen molar-refractivity contribution < 1.29 is 19.1 Å². The van der Waals surface area contributed by atoms with Gasteiger partial charge in [-0.3, -0.25) is 0 Å². The van der Waals surface area contributed by atoms with E-state index in [1.807, 2.05) is 6.07 Å². The van der Waals surface area contributed by atoms with E-state index in [1.165, 1.54) is 16.8 Å². The van der Waals surface area contributed by atoms with Gasteiger partial charge >= 0.3 is 11.9 Å². The highest BCUT2D eigenvalue weighted by atomic mass is 16.5. The van der Waals surface area contributed by atoms with Gasteiger partial charge in [-0.15, -0.1) is 5.10 Å². The van der Waals surface area contributed by atoms with Crippen molar-refractivity contribution in [2.45, 2.75) is 13.8 Å². The smallest absolute Gasteiger partial charge is 0.344 e. The van der Waals surface area contributed by atoms with Gasteiger partial charge in [-0.1, -0.05) is 18.2 Å². The van der Waals surface area contributed by atoms with E-state index in [-0.39, 0.29) is 12.5 Å². The van der Waals surface area contributed by atoms with Gasteiger partial charge in [-0.2, -0.15) is 0 Å². The lowest BCUT2D eigenvalue weighted by Gasteiger charge is -2.05. The summed E-state index contributed by atoms with van der Waals surface area (Å²) in [7, 11) is 0. The van der Waals surface area contributed by atoms with Crippen LogP contribution in [0.2, 0.25) is 0 Å². The highest BCUT2D eigenvalue weighted by Gasteiger charge is 2.17. The molecule has 1 aromatic carbocycles. The van der Waals surface area contributed by atoms with E-state index in [2.05, 4.69) is 10.1 Å². The fourth-order valence-corrected chi connectivity index (χ4v) is 2.21. The number of fused-ring (bicyclic) bond motifs is 1. The third kappa shape index (κ3) is 2.96. The van der Waals surface area contributed by atoms with E-state index >= 15 is 0 Å². The van der Waals surface area contributed by atoms with Gasteiger partial charge in [0.15, 0.2) is 5.65 Å². The van der Waals surface area contributed by atoms with Crippen LogP contribution in [0.1, 0.15) is 33.3 Å². The number of carbonyl (C=O) groups excluding carboxylic acids is 2. The molecule has 0 fully saturated rings. The molecule has 7 heteroatoms. The molecule has 0 aliphatic rings. The minimum absolute atomic E-state index is 0.112. The van der Waals surface area contributed by atoms with Gasteiger partial charge in [-0.25, -0.2) is 19.1 Å². The predicted octanol–water partition coefficient (Wildman–Crippen LogP) is 2.43. The molecule has 0 radical (unpaired) electrons. The first kappa shape index (κ1) is 15.7. The molecule has 0 spiro atoms. The lowest BCUT2D eigenvalue weighted by Crippen LogP contribution is -2.11. The van der Waals surface area contributed by atoms with E-state index in [1.54, 1.807) is 38.1 Å². The summed E-state index contributed by atoms with van der Waals surface area (Å²) in [4.78, 5) is 28.1. The van der Waals surface area contributed by atoms with Crippen molar-refractivity contribution in [2.75, 3.05) is 6.61 Å². The van der Waals surface area contributed by atoms with Crippen molar-refractivity contribution >= 4 is 17.6 Å². The quantitative estimate of drug-likeness (QED) is 0.685. The van der Waals surface area contributed by atoms with E-state index in [0.29, 0.717) is 22.5 Å². The van der Waals surface area contributed by atoms with Crippen LogP contribution in [0.3, 0.4) is 0 Å². The number of hydrogen-bond donors (Lipinski definition) is 0. The summed E-state index contributed by atoms with van der Waals surface area (Å²) in [5, 5.41) is 4.18. The lowest BCUT2D eigenvalue weighted by molar-refractivity contribution is 0.0523. The largest absolute Gasteiger partial charge is 0.462 e. The van der Waals surface area contributed by atoms with Gasteiger partial charge < -0.3 is 9.47 Å². The molecular formula is C17H15N3O4. The number of nitrogens with zero attached hydrogens (tertiary/aromatic N) is 3. The predicted molar refractivity (Wildman–Crippen MR) is 85.1 cm³/mol. The van der Waals surface area contributed by atoms with Crippen LogP contribution in [-0.4, -0.2) is 33.1 Å². The van der Waals surface area contributed by atoms with Crippen LogP contribution in [0.15, 0.2) is 42.6 Å². The maximum absolute atomic E-state index is 12.1. The van der Waals surface area contributed by atoms with Crippen LogP contribution in [0.25, 0.3) is 5.65 Å². The maximum Gasteiger partial charge on any atom is 0.344 e. The third-order valence-corrected chi connectivity index (χ3v) is 3.40. The molecule has 0 aliphatic carbocycles. The van der Waals surface area contributed by atoms with Gasteiger partial charge in [0, 0.05) is 12.3 Å². The van der Waals surface area contributed by atoms with Crippen LogP contribution in [0.4, 0.5) is 0 Å². The zero-order valence-corrected chi connectivity index (χ0v) is 13.2. The summed E-state index contributed by atoms with van der Waals surface area (Å²) >= 11 is 0. The molecule has 0 saturated carbocycles. The Kier molecular flexibility index (Phi) is 4.24. The molecule has 2 heterocycles. The first-order valence-electron chi connectivity index (χ1n) is 7.40. The molecule has 3 rings (SSSR count). The number of hydrogen-bond acceptors (Lipinski definition) is 6. The summed E-state index contributed by atoms with van der Waals surface area (Å²) < 4.78 is 11.7. The molecule has 0 aliphatic heterocycles. The van der Waals surface area contributed by atoms with Crippen molar-refractivity contribution in [1.29, 1.82) is 0 Å². The number of aryl methyl sites for hydroxylation is 1. The monoisotopic (exact) mass is 325 g/mol. The van der Waals surface area contributed by atoms with Gasteiger partial charge in [-0.05, 0) is 26.0 Å². The Morgan fingerprint density at radius 2 is 1.92 bits per heavy atom. The molecule has 0 atom stereocenters. The molecule has 122 valence electrons. The van der Waals surface area contributed by atoms with Gasteiger partial charge in [0.05, 0.1) is 23.4 Å². The third-order valence-electron chi connectivity index (χ3n) is 3.40. The number of ether oxygens (including phenoxy) is 2. The Balaban J connectivity index is 1.90. The Bertz CT molecular complexity index is 903. The molecule has 24 heavy (non-hydrogen) atoms. The molecule has 0 N–H and O–H groups in total. The Labute approximate surface area is 137 Å². The highest BCUT2D eigenvalue weighted by molar-refractivity contribution is 5.91. The standard InChI is InChI=1S/C17H15N3O4/c1-3-23-17(22)13-10-18-14-9-15(19-20(14)11(13)2)24-16(21)12-7-5-4-6-8-12/h4-10H,3H2,1-2H3. The van der Waals surface area contributed by atoms with E-state index in [4.69, 9.17) is 9.47 Å². The van der Waals surface area contributed by atoms with Gasteiger partial charge in [0.2, 0.25) is 5.88 Å². The molecule has 3 aromatic rings.